The van der Waals surface area contributed by atoms with E-state index in [-0.39, 0.29) is 49.8 Å². The van der Waals surface area contributed by atoms with E-state index in [9.17, 15) is 48.3 Å². The number of rotatable bonds is 31. The van der Waals surface area contributed by atoms with Crippen LogP contribution in [-0.2, 0) is 43.2 Å². The number of carbonyl (C=O) groups excluding carboxylic acids is 8. The van der Waals surface area contributed by atoms with Crippen molar-refractivity contribution in [2.24, 2.45) is 35.0 Å². The summed E-state index contributed by atoms with van der Waals surface area (Å²) < 4.78 is 0. The number of nitrogens with two attached hydrogens (primary N) is 3. The third-order valence-electron chi connectivity index (χ3n) is 11.2. The molecule has 0 spiro atoms. The third-order valence-corrected chi connectivity index (χ3v) is 11.6. The van der Waals surface area contributed by atoms with Crippen LogP contribution in [0.1, 0.15) is 119 Å². The van der Waals surface area contributed by atoms with E-state index < -0.39 is 114 Å². The van der Waals surface area contributed by atoms with E-state index in [1.54, 1.807) is 6.92 Å². The molecule has 0 radical (unpaired) electrons. The number of likely N-dealkylation sites (tertiary alicyclic amines) is 1. The molecule has 0 bridgehead atoms. The van der Waals surface area contributed by atoms with Gasteiger partial charge < -0.3 is 64.4 Å². The zero-order valence-electron chi connectivity index (χ0n) is 39.4. The minimum Gasteiger partial charge on any atom is -0.480 e. The van der Waals surface area contributed by atoms with Crippen LogP contribution >= 0.6 is 12.6 Å². The molecule has 14 N–H and O–H groups in total. The number of carboxylic acids is 1. The van der Waals surface area contributed by atoms with Crippen LogP contribution in [0.25, 0.3) is 0 Å². The number of thiol groups is 1. The van der Waals surface area contributed by atoms with Crippen molar-refractivity contribution < 1.29 is 48.3 Å². The molecule has 1 aliphatic rings. The second-order valence-electron chi connectivity index (χ2n) is 17.8. The van der Waals surface area contributed by atoms with Crippen molar-refractivity contribution in [3.05, 3.63) is 0 Å². The smallest absolute Gasteiger partial charge is 0.326 e. The molecule has 0 aromatic rings. The van der Waals surface area contributed by atoms with Gasteiger partial charge in [0, 0.05) is 12.3 Å². The molecule has 8 amide bonds. The minimum atomic E-state index is -1.20. The highest BCUT2D eigenvalue weighted by molar-refractivity contribution is 7.80. The topological polar surface area (TPSA) is 339 Å². The van der Waals surface area contributed by atoms with Gasteiger partial charge in [0.1, 0.15) is 42.3 Å². The van der Waals surface area contributed by atoms with E-state index in [4.69, 9.17) is 17.2 Å². The third kappa shape index (κ3) is 21.1. The van der Waals surface area contributed by atoms with Crippen LogP contribution in [0.2, 0.25) is 0 Å². The second kappa shape index (κ2) is 30.6. The lowest BCUT2D eigenvalue weighted by molar-refractivity contribution is -0.145. The fourth-order valence-corrected chi connectivity index (χ4v) is 7.39. The molecule has 22 heteroatoms. The lowest BCUT2D eigenvalue weighted by Crippen LogP contribution is -2.59. The molecule has 0 aromatic heterocycles. The maximum Gasteiger partial charge on any atom is 0.326 e. The molecule has 1 aliphatic heterocycles. The summed E-state index contributed by atoms with van der Waals surface area (Å²) in [5, 5.41) is 28.1. The van der Waals surface area contributed by atoms with Gasteiger partial charge in [0.25, 0.3) is 0 Å². The van der Waals surface area contributed by atoms with Crippen LogP contribution in [0.3, 0.4) is 0 Å². The first-order valence-corrected chi connectivity index (χ1v) is 23.6. The monoisotopic (exact) mass is 942 g/mol. The normalized spacial score (nSPS) is 17.4. The van der Waals surface area contributed by atoms with Crippen molar-refractivity contribution in [1.82, 2.24) is 42.1 Å². The highest BCUT2D eigenvalue weighted by atomic mass is 32.1. The van der Waals surface area contributed by atoms with E-state index >= 15 is 0 Å². The number of nitrogens with zero attached hydrogens (tertiary/aromatic N) is 1. The van der Waals surface area contributed by atoms with Gasteiger partial charge in [0.15, 0.2) is 0 Å². The number of nitrogens with one attached hydrogen (secondary N) is 7. The Morgan fingerprint density at radius 2 is 1.20 bits per heavy atom. The summed E-state index contributed by atoms with van der Waals surface area (Å²) in [4.78, 5) is 120. The van der Waals surface area contributed by atoms with Gasteiger partial charge in [-0.3, -0.25) is 38.4 Å². The number of carbonyl (C=O) groups is 9. The Kier molecular flexibility index (Phi) is 27.6. The molecule has 0 aromatic carbocycles. The van der Waals surface area contributed by atoms with Crippen LogP contribution < -0.4 is 54.4 Å². The summed E-state index contributed by atoms with van der Waals surface area (Å²) in [7, 11) is 0. The van der Waals surface area contributed by atoms with E-state index in [0.717, 1.165) is 0 Å². The number of hydrogen-bond donors (Lipinski definition) is 12. The largest absolute Gasteiger partial charge is 0.480 e. The van der Waals surface area contributed by atoms with Crippen molar-refractivity contribution in [2.75, 3.05) is 31.9 Å². The van der Waals surface area contributed by atoms with Gasteiger partial charge in [-0.05, 0) is 102 Å². The van der Waals surface area contributed by atoms with Gasteiger partial charge in [-0.15, -0.1) is 0 Å². The Bertz CT molecular complexity index is 1590. The molecule has 1 fully saturated rings. The lowest BCUT2D eigenvalue weighted by atomic mass is 9.98. The van der Waals surface area contributed by atoms with Crippen molar-refractivity contribution >= 4 is 65.9 Å². The zero-order chi connectivity index (χ0) is 49.4. The molecule has 9 atom stereocenters. The van der Waals surface area contributed by atoms with Gasteiger partial charge in [0.2, 0.25) is 47.3 Å². The van der Waals surface area contributed by atoms with Gasteiger partial charge in [-0.25, -0.2) is 4.79 Å². The van der Waals surface area contributed by atoms with Crippen molar-refractivity contribution in [3.63, 3.8) is 0 Å². The standard InChI is InChI=1S/C43H79N11O10S/c1-8-26(6)35(41(61)48-27(7)42(62)54-19-13-16-33(54)40(60)50-30(43(63)64)15-10-12-18-45)53-34(55)22-47-37(57)29(14-9-11-17-44)49-38(58)32(21-25(4)5)52-39(59)31(20-24(2)3)51-36(56)28(46)23-65/h24-33,35,65H,8-23,44-46H2,1-7H3,(H,47,57)(H,48,61)(H,49,58)(H,50,60)(H,51,56)(H,52,59)(H,53,55)(H,63,64)/t26-,27-,28-,29-,30-,31-,32-,33-,35-/m0/s1. The summed E-state index contributed by atoms with van der Waals surface area (Å²) in [6, 6.07) is -8.46. The first-order chi connectivity index (χ1) is 30.6. The molecular formula is C43H79N11O10S. The second-order valence-corrected chi connectivity index (χ2v) is 18.1. The summed E-state index contributed by atoms with van der Waals surface area (Å²) in [6.45, 7) is 12.8. The fraction of sp³-hybridized carbons (Fsp3) is 0.791. The predicted octanol–water partition coefficient (Wildman–Crippen LogP) is -1.24. The molecule has 372 valence electrons. The molecule has 65 heavy (non-hydrogen) atoms. The highest BCUT2D eigenvalue weighted by Gasteiger charge is 2.39. The molecule has 21 nitrogen and oxygen atoms in total. The molecule has 0 aliphatic carbocycles. The van der Waals surface area contributed by atoms with E-state index in [2.05, 4.69) is 49.8 Å². The van der Waals surface area contributed by atoms with Gasteiger partial charge >= 0.3 is 5.97 Å². The van der Waals surface area contributed by atoms with E-state index in [0.29, 0.717) is 58.0 Å². The van der Waals surface area contributed by atoms with Crippen LogP contribution in [-0.4, -0.2) is 143 Å². The Labute approximate surface area is 389 Å². The molecule has 0 unspecified atom stereocenters. The lowest BCUT2D eigenvalue weighted by Gasteiger charge is -2.30. The van der Waals surface area contributed by atoms with E-state index in [1.807, 2.05) is 34.6 Å². The van der Waals surface area contributed by atoms with Gasteiger partial charge in [0.05, 0.1) is 12.6 Å². The summed E-state index contributed by atoms with van der Waals surface area (Å²) in [5.74, 6) is -6.66. The van der Waals surface area contributed by atoms with E-state index in [1.165, 1.54) is 11.8 Å². The number of amides is 8. The summed E-state index contributed by atoms with van der Waals surface area (Å²) in [6.07, 6.45) is 4.14. The summed E-state index contributed by atoms with van der Waals surface area (Å²) in [5.41, 5.74) is 17.0. The first-order valence-electron chi connectivity index (χ1n) is 23.0. The van der Waals surface area contributed by atoms with Crippen molar-refractivity contribution in [2.45, 2.75) is 167 Å². The Hall–Kier alpha value is -4.54. The summed E-state index contributed by atoms with van der Waals surface area (Å²) >= 11 is 4.06. The van der Waals surface area contributed by atoms with Gasteiger partial charge in [-0.1, -0.05) is 48.0 Å². The molecule has 0 saturated carbocycles. The Morgan fingerprint density at radius 3 is 1.69 bits per heavy atom. The molecular weight excluding hydrogens is 863 g/mol. The number of aliphatic carboxylic acids is 1. The number of carboxylic acid groups (broad SMARTS) is 1. The fourth-order valence-electron chi connectivity index (χ4n) is 7.23. The predicted molar refractivity (Wildman–Crippen MR) is 249 cm³/mol. The first kappa shape index (κ1) is 58.5. The van der Waals surface area contributed by atoms with Crippen LogP contribution in [0.4, 0.5) is 0 Å². The average molecular weight is 942 g/mol. The van der Waals surface area contributed by atoms with Crippen LogP contribution in [0.5, 0.6) is 0 Å². The molecule has 1 heterocycles. The maximum absolute atomic E-state index is 13.8. The average Bonchev–Trinajstić information content (AvgIpc) is 3.75. The zero-order valence-corrected chi connectivity index (χ0v) is 40.3. The molecule has 1 rings (SSSR count). The van der Waals surface area contributed by atoms with Crippen molar-refractivity contribution in [3.8, 4) is 0 Å². The maximum atomic E-state index is 13.8. The van der Waals surface area contributed by atoms with Crippen LogP contribution in [0.15, 0.2) is 0 Å². The minimum absolute atomic E-state index is 0.0000337. The SMILES string of the molecule is CC[C@H](C)[C@H](NC(=O)CNC(=O)[C@H](CCCCN)NC(=O)[C@H](CC(C)C)NC(=O)[C@H](CC(C)C)NC(=O)[C@@H](N)CS)C(=O)N[C@@H](C)C(=O)N1CCC[C@H]1C(=O)N[C@@H](CCCCN)C(=O)O. The van der Waals surface area contributed by atoms with Gasteiger partial charge in [-0.2, -0.15) is 12.6 Å². The highest BCUT2D eigenvalue weighted by Crippen LogP contribution is 2.20. The Balaban J connectivity index is 3.08. The Morgan fingerprint density at radius 1 is 0.677 bits per heavy atom. The number of unbranched alkanes of at least 4 members (excludes halogenated alkanes) is 2. The number of hydrogen-bond acceptors (Lipinski definition) is 13. The van der Waals surface area contributed by atoms with Crippen molar-refractivity contribution in [1.29, 1.82) is 0 Å². The molecule has 1 saturated heterocycles. The van der Waals surface area contributed by atoms with Crippen LogP contribution in [0, 0.1) is 17.8 Å². The quantitative estimate of drug-likeness (QED) is 0.0286.